The van der Waals surface area contributed by atoms with Crippen molar-refractivity contribution in [3.05, 3.63) is 45.6 Å². The van der Waals surface area contributed by atoms with E-state index < -0.39 is 0 Å². The molecule has 0 aliphatic rings. The van der Waals surface area contributed by atoms with Crippen molar-refractivity contribution in [3.63, 3.8) is 0 Å². The Hall–Kier alpha value is -2.87. The number of aromatic nitrogens is 1. The molecule has 3 rings (SSSR count). The van der Waals surface area contributed by atoms with E-state index in [2.05, 4.69) is 4.98 Å². The average Bonchev–Trinajstić information content (AvgIpc) is 2.39. The number of anilines is 1. The normalized spacial score (nSPS) is 10.7. The molecule has 2 heterocycles. The molecule has 0 bridgehead atoms. The minimum atomic E-state index is -0.173. The molecular formula is C14H10N3O2+. The quantitative estimate of drug-likeness (QED) is 0.614. The smallest absolute Gasteiger partial charge is 0.299 e. The summed E-state index contributed by atoms with van der Waals surface area (Å²) >= 11 is 0. The van der Waals surface area contributed by atoms with E-state index >= 15 is 0 Å². The van der Waals surface area contributed by atoms with Crippen LogP contribution in [0.4, 0.5) is 5.82 Å². The first-order valence-electron chi connectivity index (χ1n) is 5.69. The first kappa shape index (κ1) is 11.2. The van der Waals surface area contributed by atoms with E-state index in [9.17, 15) is 4.79 Å². The third kappa shape index (κ3) is 1.62. The van der Waals surface area contributed by atoms with Crippen LogP contribution >= 0.6 is 0 Å². The predicted molar refractivity (Wildman–Crippen MR) is 70.4 cm³/mol. The summed E-state index contributed by atoms with van der Waals surface area (Å²) in [5.41, 5.74) is 7.47. The highest BCUT2D eigenvalue weighted by atomic mass is 16.3. The van der Waals surface area contributed by atoms with E-state index in [1.54, 1.807) is 12.1 Å². The molecule has 3 aromatic rings. The number of hydrogen-bond acceptors (Lipinski definition) is 4. The Morgan fingerprint density at radius 2 is 2.11 bits per heavy atom. The van der Waals surface area contributed by atoms with Crippen LogP contribution in [0.15, 0.2) is 33.5 Å². The highest BCUT2D eigenvalue weighted by Gasteiger charge is 2.15. The second kappa shape index (κ2) is 3.82. The van der Waals surface area contributed by atoms with Gasteiger partial charge in [0.15, 0.2) is 0 Å². The third-order valence-electron chi connectivity index (χ3n) is 3.03. The fraction of sp³-hybridized carbons (Fsp3) is 0.0714. The van der Waals surface area contributed by atoms with E-state index in [0.717, 1.165) is 5.56 Å². The molecule has 0 aliphatic carbocycles. The summed E-state index contributed by atoms with van der Waals surface area (Å²) in [5.74, 6) is 0.185. The second-order valence-electron chi connectivity index (χ2n) is 4.38. The van der Waals surface area contributed by atoms with Crippen LogP contribution in [0.1, 0.15) is 11.1 Å². The Labute approximate surface area is 107 Å². The SMILES string of the molecule is Cc1ccc2oc3[nH+]c(N)c(C#N)cc3c(=O)c2c1. The lowest BCUT2D eigenvalue weighted by Crippen LogP contribution is -2.17. The molecule has 5 heteroatoms. The molecule has 0 radical (unpaired) electrons. The number of benzene rings is 1. The molecule has 0 aliphatic heterocycles. The van der Waals surface area contributed by atoms with Crippen molar-refractivity contribution >= 4 is 27.9 Å². The molecule has 19 heavy (non-hydrogen) atoms. The van der Waals surface area contributed by atoms with Gasteiger partial charge in [-0.25, -0.2) is 4.98 Å². The zero-order chi connectivity index (χ0) is 13.6. The first-order chi connectivity index (χ1) is 9.10. The molecule has 0 amide bonds. The molecule has 2 aromatic heterocycles. The second-order valence-corrected chi connectivity index (χ2v) is 4.38. The number of aryl methyl sites for hydroxylation is 1. The summed E-state index contributed by atoms with van der Waals surface area (Å²) in [6.07, 6.45) is 0. The minimum absolute atomic E-state index is 0.173. The largest absolute Gasteiger partial charge is 0.422 e. The van der Waals surface area contributed by atoms with E-state index in [0.29, 0.717) is 16.4 Å². The number of aromatic amines is 1. The van der Waals surface area contributed by atoms with Gasteiger partial charge in [0.25, 0.3) is 11.5 Å². The number of nitriles is 1. The van der Waals surface area contributed by atoms with Gasteiger partial charge in [-0.1, -0.05) is 11.6 Å². The number of nitrogens with one attached hydrogen (secondary N) is 1. The van der Waals surface area contributed by atoms with Crippen LogP contribution < -0.4 is 16.1 Å². The maximum atomic E-state index is 12.4. The van der Waals surface area contributed by atoms with Crippen molar-refractivity contribution in [1.29, 1.82) is 5.26 Å². The molecule has 0 unspecified atom stereocenters. The van der Waals surface area contributed by atoms with Crippen LogP contribution in [0.5, 0.6) is 0 Å². The Morgan fingerprint density at radius 1 is 1.32 bits per heavy atom. The van der Waals surface area contributed by atoms with Crippen molar-refractivity contribution in [3.8, 4) is 6.07 Å². The average molecular weight is 252 g/mol. The van der Waals surface area contributed by atoms with Crippen molar-refractivity contribution in [1.82, 2.24) is 0 Å². The summed E-state index contributed by atoms with van der Waals surface area (Å²) in [4.78, 5) is 15.1. The Balaban J connectivity index is 2.55. The van der Waals surface area contributed by atoms with E-state index in [1.165, 1.54) is 6.07 Å². The summed E-state index contributed by atoms with van der Waals surface area (Å²) < 4.78 is 5.62. The van der Waals surface area contributed by atoms with Crippen molar-refractivity contribution < 1.29 is 9.40 Å². The van der Waals surface area contributed by atoms with Gasteiger partial charge in [-0.15, -0.1) is 0 Å². The van der Waals surface area contributed by atoms with Gasteiger partial charge in [0, 0.05) is 0 Å². The number of hydrogen-bond donors (Lipinski definition) is 1. The van der Waals surface area contributed by atoms with Gasteiger partial charge in [-0.05, 0) is 25.1 Å². The molecule has 0 atom stereocenters. The number of fused-ring (bicyclic) bond motifs is 2. The van der Waals surface area contributed by atoms with Gasteiger partial charge in [0.1, 0.15) is 22.6 Å². The Morgan fingerprint density at radius 3 is 2.84 bits per heavy atom. The molecule has 0 fully saturated rings. The number of nitrogens with zero attached hydrogens (tertiary/aromatic N) is 1. The maximum Gasteiger partial charge on any atom is 0.299 e. The summed E-state index contributed by atoms with van der Waals surface area (Å²) in [5, 5.41) is 9.76. The summed E-state index contributed by atoms with van der Waals surface area (Å²) in [7, 11) is 0. The summed E-state index contributed by atoms with van der Waals surface area (Å²) in [6, 6.07) is 8.77. The van der Waals surface area contributed by atoms with Gasteiger partial charge in [-0.2, -0.15) is 5.26 Å². The standard InChI is InChI=1S/C14H9N3O2/c1-7-2-3-11-9(4-7)12(18)10-5-8(6-15)13(16)17-14(10)19-11/h2-5H,1H3,(H2,16,17)/p+1. The monoisotopic (exact) mass is 252 g/mol. The van der Waals surface area contributed by atoms with Crippen LogP contribution in [0, 0.1) is 18.3 Å². The zero-order valence-electron chi connectivity index (χ0n) is 10.2. The van der Waals surface area contributed by atoms with Gasteiger partial charge < -0.3 is 4.42 Å². The topological polar surface area (TPSA) is 94.2 Å². The van der Waals surface area contributed by atoms with Crippen molar-refractivity contribution in [2.24, 2.45) is 0 Å². The highest BCUT2D eigenvalue weighted by molar-refractivity contribution is 5.88. The number of nitrogen functional groups attached to an aromatic ring is 1. The molecule has 0 spiro atoms. The number of rotatable bonds is 0. The Kier molecular flexibility index (Phi) is 2.26. The lowest BCUT2D eigenvalue weighted by atomic mass is 10.1. The van der Waals surface area contributed by atoms with Crippen molar-refractivity contribution in [2.45, 2.75) is 6.92 Å². The van der Waals surface area contributed by atoms with Gasteiger partial charge in [-0.3, -0.25) is 10.5 Å². The zero-order valence-corrected chi connectivity index (χ0v) is 10.2. The molecule has 0 saturated heterocycles. The van der Waals surface area contributed by atoms with E-state index in [1.807, 2.05) is 19.1 Å². The molecule has 5 nitrogen and oxygen atoms in total. The van der Waals surface area contributed by atoms with Crippen LogP contribution in [0.2, 0.25) is 0 Å². The summed E-state index contributed by atoms with van der Waals surface area (Å²) in [6.45, 7) is 1.90. The van der Waals surface area contributed by atoms with Crippen LogP contribution in [0.25, 0.3) is 22.1 Å². The van der Waals surface area contributed by atoms with E-state index in [4.69, 9.17) is 15.4 Å². The fourth-order valence-electron chi connectivity index (χ4n) is 2.05. The lowest BCUT2D eigenvalue weighted by Gasteiger charge is -2.01. The van der Waals surface area contributed by atoms with Gasteiger partial charge in [0.05, 0.1) is 5.39 Å². The molecule has 1 aromatic carbocycles. The van der Waals surface area contributed by atoms with Crippen LogP contribution in [0.3, 0.4) is 0 Å². The highest BCUT2D eigenvalue weighted by Crippen LogP contribution is 2.18. The number of nitrogens with two attached hydrogens (primary N) is 1. The van der Waals surface area contributed by atoms with Crippen molar-refractivity contribution in [2.75, 3.05) is 5.73 Å². The molecule has 3 N–H and O–H groups in total. The molecule has 92 valence electrons. The minimum Gasteiger partial charge on any atom is -0.422 e. The van der Waals surface area contributed by atoms with Crippen LogP contribution in [-0.4, -0.2) is 0 Å². The Bertz CT molecular complexity index is 920. The predicted octanol–water partition coefficient (Wildman–Crippen LogP) is 1.52. The first-order valence-corrected chi connectivity index (χ1v) is 5.69. The van der Waals surface area contributed by atoms with E-state index in [-0.39, 0.29) is 22.5 Å². The van der Waals surface area contributed by atoms with Gasteiger partial charge in [0.2, 0.25) is 5.43 Å². The lowest BCUT2D eigenvalue weighted by molar-refractivity contribution is -0.338. The number of pyridine rings is 1. The van der Waals surface area contributed by atoms with Gasteiger partial charge >= 0.3 is 0 Å². The molecular weight excluding hydrogens is 242 g/mol. The van der Waals surface area contributed by atoms with Crippen LogP contribution in [-0.2, 0) is 0 Å². The third-order valence-corrected chi connectivity index (χ3v) is 3.03. The maximum absolute atomic E-state index is 12.4. The number of H-pyrrole nitrogens is 1. The molecule has 0 saturated carbocycles. The fourth-order valence-corrected chi connectivity index (χ4v) is 2.05.